The number of nitrogens with two attached hydrogens (primary N) is 1. The molecule has 0 bridgehead atoms. The van der Waals surface area contributed by atoms with E-state index in [1.807, 2.05) is 23.9 Å². The van der Waals surface area contributed by atoms with Crippen LogP contribution in [-0.4, -0.2) is 15.8 Å². The second-order valence-electron chi connectivity index (χ2n) is 7.15. The molecule has 2 N–H and O–H groups in total. The Hall–Kier alpha value is -2.69. The topological polar surface area (TPSA) is 56.2 Å². The van der Waals surface area contributed by atoms with E-state index >= 15 is 4.39 Å². The molecule has 1 fully saturated rings. The molecule has 0 unspecified atom stereocenters. The second kappa shape index (κ2) is 8.33. The molecule has 0 saturated heterocycles. The summed E-state index contributed by atoms with van der Waals surface area (Å²) in [7, 11) is 1.94. The minimum Gasteiger partial charge on any atom is -0.384 e. The van der Waals surface area contributed by atoms with E-state index in [1.165, 1.54) is 12.6 Å². The van der Waals surface area contributed by atoms with Gasteiger partial charge < -0.3 is 10.3 Å². The van der Waals surface area contributed by atoms with E-state index in [9.17, 15) is 0 Å². The normalized spacial score (nSPS) is 15.3. The highest BCUT2D eigenvalue weighted by Gasteiger charge is 2.25. The van der Waals surface area contributed by atoms with Crippen LogP contribution in [0.25, 0.3) is 5.57 Å². The first kappa shape index (κ1) is 19.1. The Morgan fingerprint density at radius 3 is 2.78 bits per heavy atom. The van der Waals surface area contributed by atoms with Crippen LogP contribution < -0.4 is 5.73 Å². The summed E-state index contributed by atoms with van der Waals surface area (Å²) in [6.45, 7) is 5.78. The molecule has 27 heavy (non-hydrogen) atoms. The number of benzene rings is 1. The van der Waals surface area contributed by atoms with Crippen LogP contribution in [0.3, 0.4) is 0 Å². The molecule has 4 nitrogen and oxygen atoms in total. The van der Waals surface area contributed by atoms with Crippen LogP contribution in [0, 0.1) is 5.82 Å². The third-order valence-corrected chi connectivity index (χ3v) is 5.23. The first-order valence-corrected chi connectivity index (χ1v) is 9.42. The van der Waals surface area contributed by atoms with E-state index < -0.39 is 0 Å². The summed E-state index contributed by atoms with van der Waals surface area (Å²) in [6.07, 6.45) is 11.8. The van der Waals surface area contributed by atoms with Crippen molar-refractivity contribution < 1.29 is 4.39 Å². The zero-order valence-electron chi connectivity index (χ0n) is 16.1. The predicted molar refractivity (Wildman–Crippen MR) is 109 cm³/mol. The van der Waals surface area contributed by atoms with Gasteiger partial charge in [-0.25, -0.2) is 14.4 Å². The molecule has 2 aromatic rings. The van der Waals surface area contributed by atoms with E-state index in [4.69, 9.17) is 5.73 Å². The van der Waals surface area contributed by atoms with Crippen LogP contribution >= 0.6 is 0 Å². The predicted octanol–water partition coefficient (Wildman–Crippen LogP) is 4.52. The summed E-state index contributed by atoms with van der Waals surface area (Å²) in [5.41, 5.74) is 9.60. The molecule has 142 valence electrons. The molecular formula is C22H27FN4. The van der Waals surface area contributed by atoms with Crippen LogP contribution in [0.4, 0.5) is 4.39 Å². The molecule has 1 aliphatic rings. The smallest absolute Gasteiger partial charge is 0.134 e. The summed E-state index contributed by atoms with van der Waals surface area (Å²) >= 11 is 0. The summed E-state index contributed by atoms with van der Waals surface area (Å²) in [5, 5.41) is 0. The Balaban J connectivity index is 1.89. The number of allylic oxidation sites excluding steroid dienone is 2. The fourth-order valence-corrected chi connectivity index (χ4v) is 3.39. The van der Waals surface area contributed by atoms with Gasteiger partial charge in [-0.3, -0.25) is 0 Å². The van der Waals surface area contributed by atoms with Gasteiger partial charge in [0.15, 0.2) is 0 Å². The van der Waals surface area contributed by atoms with Crippen molar-refractivity contribution in [2.24, 2.45) is 17.8 Å². The van der Waals surface area contributed by atoms with E-state index in [2.05, 4.69) is 22.6 Å². The number of aromatic nitrogens is 2. The molecule has 0 spiro atoms. The fourth-order valence-electron chi connectivity index (χ4n) is 3.39. The SMILES string of the molecule is C=C(C=N/C(N)=C\C)c1ccc(C2CCC2)c(CCc2cn(C)cn2)c1F. The maximum atomic E-state index is 15.4. The Bertz CT molecular complexity index is 888. The average Bonchev–Trinajstić information content (AvgIpc) is 3.02. The highest BCUT2D eigenvalue weighted by molar-refractivity contribution is 6.09. The largest absolute Gasteiger partial charge is 0.384 e. The Morgan fingerprint density at radius 2 is 2.19 bits per heavy atom. The number of nitrogens with zero attached hydrogens (tertiary/aromatic N) is 3. The van der Waals surface area contributed by atoms with Crippen molar-refractivity contribution in [3.8, 4) is 0 Å². The lowest BCUT2D eigenvalue weighted by Crippen LogP contribution is -2.14. The molecule has 0 amide bonds. The van der Waals surface area contributed by atoms with Crippen molar-refractivity contribution in [2.75, 3.05) is 0 Å². The monoisotopic (exact) mass is 366 g/mol. The Kier molecular flexibility index (Phi) is 5.89. The molecular weight excluding hydrogens is 339 g/mol. The summed E-state index contributed by atoms with van der Waals surface area (Å²) < 4.78 is 17.3. The average molecular weight is 366 g/mol. The highest BCUT2D eigenvalue weighted by Crippen LogP contribution is 2.40. The molecule has 0 atom stereocenters. The molecule has 0 aliphatic heterocycles. The standard InChI is InChI=1S/C22H27FN4/c1-4-21(24)25-12-15(2)18-10-11-19(16-6-5-7-16)20(22(18)23)9-8-17-13-27(3)14-26-17/h4,10-14,16H,2,5-9,24H2,1,3H3/b21-4-,25-12?. The van der Waals surface area contributed by atoms with Gasteiger partial charge in [0, 0.05) is 25.0 Å². The Morgan fingerprint density at radius 1 is 1.41 bits per heavy atom. The van der Waals surface area contributed by atoms with Gasteiger partial charge in [-0.1, -0.05) is 25.1 Å². The molecule has 1 aromatic heterocycles. The van der Waals surface area contributed by atoms with Crippen LogP contribution in [0.15, 0.2) is 48.1 Å². The number of rotatable bonds is 7. The van der Waals surface area contributed by atoms with Gasteiger partial charge in [0.2, 0.25) is 0 Å². The van der Waals surface area contributed by atoms with Crippen molar-refractivity contribution in [3.63, 3.8) is 0 Å². The van der Waals surface area contributed by atoms with Crippen molar-refractivity contribution in [2.45, 2.75) is 44.9 Å². The maximum Gasteiger partial charge on any atom is 0.134 e. The lowest BCUT2D eigenvalue weighted by molar-refractivity contribution is 0.414. The van der Waals surface area contributed by atoms with Crippen molar-refractivity contribution >= 4 is 11.8 Å². The van der Waals surface area contributed by atoms with Crippen molar-refractivity contribution in [1.29, 1.82) is 0 Å². The van der Waals surface area contributed by atoms with Crippen LogP contribution in [0.2, 0.25) is 0 Å². The van der Waals surface area contributed by atoms with Gasteiger partial charge in [0.25, 0.3) is 0 Å². The number of hydrogen-bond acceptors (Lipinski definition) is 3. The first-order chi connectivity index (χ1) is 13.0. The number of aliphatic imine (C=N–C) groups is 1. The van der Waals surface area contributed by atoms with E-state index in [1.54, 1.807) is 19.3 Å². The summed E-state index contributed by atoms with van der Waals surface area (Å²) in [5.74, 6) is 0.664. The Labute approximate surface area is 160 Å². The number of hydrogen-bond donors (Lipinski definition) is 1. The van der Waals surface area contributed by atoms with Gasteiger partial charge in [0.1, 0.15) is 11.6 Å². The molecule has 1 aliphatic carbocycles. The summed E-state index contributed by atoms with van der Waals surface area (Å²) in [4.78, 5) is 8.47. The van der Waals surface area contributed by atoms with E-state index in [0.29, 0.717) is 35.7 Å². The second-order valence-corrected chi connectivity index (χ2v) is 7.15. The number of aryl methyl sites for hydroxylation is 2. The van der Waals surface area contributed by atoms with Gasteiger partial charge in [-0.2, -0.15) is 0 Å². The van der Waals surface area contributed by atoms with Crippen LogP contribution in [0.1, 0.15) is 54.5 Å². The van der Waals surface area contributed by atoms with Crippen LogP contribution in [0.5, 0.6) is 0 Å². The van der Waals surface area contributed by atoms with E-state index in [-0.39, 0.29) is 5.82 Å². The molecule has 5 heteroatoms. The van der Waals surface area contributed by atoms with Crippen molar-refractivity contribution in [3.05, 3.63) is 71.3 Å². The fraction of sp³-hybridized carbons (Fsp3) is 0.364. The minimum atomic E-state index is -0.189. The van der Waals surface area contributed by atoms with Gasteiger partial charge >= 0.3 is 0 Å². The third-order valence-electron chi connectivity index (χ3n) is 5.23. The quantitative estimate of drug-likeness (QED) is 0.733. The lowest BCUT2D eigenvalue weighted by Gasteiger charge is -2.29. The highest BCUT2D eigenvalue weighted by atomic mass is 19.1. The van der Waals surface area contributed by atoms with Gasteiger partial charge in [0.05, 0.1) is 12.0 Å². The van der Waals surface area contributed by atoms with Crippen LogP contribution in [-0.2, 0) is 19.9 Å². The number of halogens is 1. The molecule has 0 radical (unpaired) electrons. The lowest BCUT2D eigenvalue weighted by atomic mass is 9.76. The molecule has 1 heterocycles. The minimum absolute atomic E-state index is 0.189. The zero-order valence-corrected chi connectivity index (χ0v) is 16.1. The summed E-state index contributed by atoms with van der Waals surface area (Å²) in [6, 6.07) is 3.89. The maximum absolute atomic E-state index is 15.4. The van der Waals surface area contributed by atoms with Crippen molar-refractivity contribution in [1.82, 2.24) is 9.55 Å². The van der Waals surface area contributed by atoms with E-state index in [0.717, 1.165) is 29.7 Å². The molecule has 1 aromatic carbocycles. The van der Waals surface area contributed by atoms with Gasteiger partial charge in [-0.15, -0.1) is 0 Å². The first-order valence-electron chi connectivity index (χ1n) is 9.42. The van der Waals surface area contributed by atoms with Gasteiger partial charge in [-0.05, 0) is 61.3 Å². The third kappa shape index (κ3) is 4.35. The zero-order chi connectivity index (χ0) is 19.4. The molecule has 1 saturated carbocycles. The number of imidazole rings is 1. The molecule has 3 rings (SSSR count).